The number of ether oxygens (including phenoxy) is 1. The molecule has 6 heteroatoms. The van der Waals surface area contributed by atoms with E-state index in [9.17, 15) is 9.59 Å². The van der Waals surface area contributed by atoms with E-state index in [4.69, 9.17) is 4.74 Å². The smallest absolute Gasteiger partial charge is 0.410 e. The molecule has 2 amide bonds. The number of nitrogens with one attached hydrogen (secondary N) is 1. The fourth-order valence-electron chi connectivity index (χ4n) is 2.43. The van der Waals surface area contributed by atoms with Gasteiger partial charge in [-0.1, -0.05) is 0 Å². The molecule has 1 aromatic rings. The van der Waals surface area contributed by atoms with Crippen molar-refractivity contribution in [3.8, 4) is 0 Å². The molecule has 1 saturated heterocycles. The third-order valence-corrected chi connectivity index (χ3v) is 4.85. The molecular weight excluding hydrogens is 407 g/mol. The van der Waals surface area contributed by atoms with Gasteiger partial charge in [0.15, 0.2) is 0 Å². The summed E-state index contributed by atoms with van der Waals surface area (Å²) in [6, 6.07) is 5.83. The molecule has 1 heterocycles. The van der Waals surface area contributed by atoms with E-state index in [0.29, 0.717) is 19.5 Å². The summed E-state index contributed by atoms with van der Waals surface area (Å²) in [6.45, 7) is 8.48. The highest BCUT2D eigenvalue weighted by molar-refractivity contribution is 14.1. The molecule has 1 N–H and O–H groups in total. The number of halogens is 1. The number of aryl methyl sites for hydroxylation is 1. The summed E-state index contributed by atoms with van der Waals surface area (Å²) >= 11 is 2.26. The Kier molecular flexibility index (Phi) is 5.54. The third-order valence-electron chi connectivity index (χ3n) is 3.64. The standard InChI is InChI=1S/C17H23IN2O3/c1-11-9-13(5-6-14(11)18)19-15(21)12-7-8-20(10-12)16(22)23-17(2,3)4/h5-6,9,12H,7-8,10H2,1-4H3,(H,19,21). The van der Waals surface area contributed by atoms with Gasteiger partial charge < -0.3 is 15.0 Å². The van der Waals surface area contributed by atoms with E-state index in [-0.39, 0.29) is 17.9 Å². The highest BCUT2D eigenvalue weighted by Gasteiger charge is 2.33. The Morgan fingerprint density at radius 2 is 2.04 bits per heavy atom. The van der Waals surface area contributed by atoms with Crippen molar-refractivity contribution in [2.75, 3.05) is 18.4 Å². The average molecular weight is 430 g/mol. The number of rotatable bonds is 2. The molecule has 1 unspecified atom stereocenters. The van der Waals surface area contributed by atoms with E-state index in [0.717, 1.165) is 14.8 Å². The van der Waals surface area contributed by atoms with Crippen LogP contribution >= 0.6 is 22.6 Å². The molecule has 0 bridgehead atoms. The number of nitrogens with zero attached hydrogens (tertiary/aromatic N) is 1. The van der Waals surface area contributed by atoms with Crippen LogP contribution < -0.4 is 5.32 Å². The monoisotopic (exact) mass is 430 g/mol. The Labute approximate surface area is 150 Å². The first-order valence-electron chi connectivity index (χ1n) is 7.70. The molecule has 1 aromatic carbocycles. The average Bonchev–Trinajstić information content (AvgIpc) is 2.91. The second-order valence-corrected chi connectivity index (χ2v) is 8.03. The number of amides is 2. The predicted molar refractivity (Wildman–Crippen MR) is 98.4 cm³/mol. The lowest BCUT2D eigenvalue weighted by Gasteiger charge is -2.24. The summed E-state index contributed by atoms with van der Waals surface area (Å²) in [7, 11) is 0. The normalized spacial score (nSPS) is 18.0. The van der Waals surface area contributed by atoms with Gasteiger partial charge in [0.25, 0.3) is 0 Å². The number of likely N-dealkylation sites (tertiary alicyclic amines) is 1. The number of carbonyl (C=O) groups is 2. The molecule has 0 aliphatic carbocycles. The van der Waals surface area contributed by atoms with Crippen molar-refractivity contribution in [1.82, 2.24) is 4.90 Å². The van der Waals surface area contributed by atoms with Gasteiger partial charge in [0.05, 0.1) is 5.92 Å². The Bertz CT molecular complexity index is 610. The molecule has 0 spiro atoms. The lowest BCUT2D eigenvalue weighted by Crippen LogP contribution is -2.36. The second-order valence-electron chi connectivity index (χ2n) is 6.87. The maximum Gasteiger partial charge on any atom is 0.410 e. The van der Waals surface area contributed by atoms with Gasteiger partial charge in [0.1, 0.15) is 5.60 Å². The number of hydrogen-bond acceptors (Lipinski definition) is 3. The van der Waals surface area contributed by atoms with Crippen molar-refractivity contribution in [2.45, 2.75) is 39.7 Å². The molecule has 5 nitrogen and oxygen atoms in total. The predicted octanol–water partition coefficient (Wildman–Crippen LogP) is 3.80. The Balaban J connectivity index is 1.92. The van der Waals surface area contributed by atoms with Crippen LogP contribution in [0, 0.1) is 16.4 Å². The minimum Gasteiger partial charge on any atom is -0.444 e. The van der Waals surface area contributed by atoms with Crippen LogP contribution in [0.5, 0.6) is 0 Å². The number of anilines is 1. The van der Waals surface area contributed by atoms with Crippen molar-refractivity contribution in [3.05, 3.63) is 27.3 Å². The fraction of sp³-hybridized carbons (Fsp3) is 0.529. The van der Waals surface area contributed by atoms with Crippen LogP contribution in [0.4, 0.5) is 10.5 Å². The van der Waals surface area contributed by atoms with Crippen LogP contribution in [-0.2, 0) is 9.53 Å². The van der Waals surface area contributed by atoms with Gasteiger partial charge >= 0.3 is 6.09 Å². The summed E-state index contributed by atoms with van der Waals surface area (Å²) in [6.07, 6.45) is 0.312. The van der Waals surface area contributed by atoms with E-state index in [2.05, 4.69) is 27.9 Å². The molecule has 1 atom stereocenters. The maximum absolute atomic E-state index is 12.4. The van der Waals surface area contributed by atoms with Gasteiger partial charge in [0, 0.05) is 22.3 Å². The lowest BCUT2D eigenvalue weighted by molar-refractivity contribution is -0.119. The van der Waals surface area contributed by atoms with Gasteiger partial charge in [-0.25, -0.2) is 4.79 Å². The SMILES string of the molecule is Cc1cc(NC(=O)C2CCN(C(=O)OC(C)(C)C)C2)ccc1I. The largest absolute Gasteiger partial charge is 0.444 e. The van der Waals surface area contributed by atoms with E-state index in [1.165, 1.54) is 0 Å². The molecule has 0 saturated carbocycles. The Morgan fingerprint density at radius 3 is 2.65 bits per heavy atom. The highest BCUT2D eigenvalue weighted by Crippen LogP contribution is 2.22. The zero-order valence-electron chi connectivity index (χ0n) is 14.0. The van der Waals surface area contributed by atoms with Crippen molar-refractivity contribution in [1.29, 1.82) is 0 Å². The van der Waals surface area contributed by atoms with Gasteiger partial charge in [0.2, 0.25) is 5.91 Å². The van der Waals surface area contributed by atoms with E-state index >= 15 is 0 Å². The van der Waals surface area contributed by atoms with Crippen molar-refractivity contribution >= 4 is 40.3 Å². The lowest BCUT2D eigenvalue weighted by atomic mass is 10.1. The molecule has 1 fully saturated rings. The molecule has 1 aliphatic rings. The Morgan fingerprint density at radius 1 is 1.35 bits per heavy atom. The first-order valence-corrected chi connectivity index (χ1v) is 8.78. The molecule has 23 heavy (non-hydrogen) atoms. The van der Waals surface area contributed by atoms with E-state index in [1.807, 2.05) is 45.9 Å². The molecule has 1 aliphatic heterocycles. The molecule has 126 valence electrons. The summed E-state index contributed by atoms with van der Waals surface area (Å²) < 4.78 is 6.52. The van der Waals surface area contributed by atoms with Crippen LogP contribution in [0.15, 0.2) is 18.2 Å². The zero-order chi connectivity index (χ0) is 17.2. The van der Waals surface area contributed by atoms with E-state index < -0.39 is 5.60 Å². The van der Waals surface area contributed by atoms with Crippen LogP contribution in [0.25, 0.3) is 0 Å². The Hall–Kier alpha value is -1.31. The van der Waals surface area contributed by atoms with Gasteiger partial charge in [-0.15, -0.1) is 0 Å². The summed E-state index contributed by atoms with van der Waals surface area (Å²) in [5, 5.41) is 2.94. The first-order chi connectivity index (χ1) is 10.7. The number of carbonyl (C=O) groups excluding carboxylic acids is 2. The third kappa shape index (κ3) is 5.09. The summed E-state index contributed by atoms with van der Waals surface area (Å²) in [5.74, 6) is -0.237. The molecule has 2 rings (SSSR count). The first kappa shape index (κ1) is 18.0. The fourth-order valence-corrected chi connectivity index (χ4v) is 2.77. The quantitative estimate of drug-likeness (QED) is 0.727. The number of benzene rings is 1. The van der Waals surface area contributed by atoms with E-state index in [1.54, 1.807) is 4.90 Å². The van der Waals surface area contributed by atoms with Gasteiger partial charge in [-0.2, -0.15) is 0 Å². The maximum atomic E-state index is 12.4. The van der Waals surface area contributed by atoms with Crippen molar-refractivity contribution in [2.24, 2.45) is 5.92 Å². The van der Waals surface area contributed by atoms with Crippen LogP contribution in [-0.4, -0.2) is 35.6 Å². The topological polar surface area (TPSA) is 58.6 Å². The van der Waals surface area contributed by atoms with Gasteiger partial charge in [-0.05, 0) is 80.5 Å². The zero-order valence-corrected chi connectivity index (χ0v) is 16.1. The number of hydrogen-bond donors (Lipinski definition) is 1. The molecule has 0 radical (unpaired) electrons. The minimum atomic E-state index is -0.518. The van der Waals surface area contributed by atoms with Crippen LogP contribution in [0.2, 0.25) is 0 Å². The summed E-state index contributed by atoms with van der Waals surface area (Å²) in [5.41, 5.74) is 1.41. The molecular formula is C17H23IN2O3. The van der Waals surface area contributed by atoms with Gasteiger partial charge in [-0.3, -0.25) is 4.79 Å². The second kappa shape index (κ2) is 7.07. The van der Waals surface area contributed by atoms with Crippen LogP contribution in [0.1, 0.15) is 32.8 Å². The van der Waals surface area contributed by atoms with Crippen molar-refractivity contribution in [3.63, 3.8) is 0 Å². The summed E-state index contributed by atoms with van der Waals surface area (Å²) in [4.78, 5) is 26.0. The highest BCUT2D eigenvalue weighted by atomic mass is 127. The van der Waals surface area contributed by atoms with Crippen molar-refractivity contribution < 1.29 is 14.3 Å². The molecule has 0 aromatic heterocycles. The van der Waals surface area contributed by atoms with Crippen LogP contribution in [0.3, 0.4) is 0 Å². The minimum absolute atomic E-state index is 0.0448.